The van der Waals surface area contributed by atoms with Gasteiger partial charge in [-0.1, -0.05) is 69.6 Å². The highest BCUT2D eigenvalue weighted by Gasteiger charge is 2.32. The molecule has 0 rings (SSSR count). The Balaban J connectivity index is 4.26. The fourth-order valence-corrected chi connectivity index (χ4v) is 4.96. The number of hydrogen-bond acceptors (Lipinski definition) is 2. The third kappa shape index (κ3) is 6.44. The minimum absolute atomic E-state index is 0.354. The van der Waals surface area contributed by atoms with Gasteiger partial charge in [-0.3, -0.25) is 0 Å². The molecule has 0 amide bonds. The van der Waals surface area contributed by atoms with Crippen LogP contribution in [0.1, 0.15) is 54.4 Å². The first kappa shape index (κ1) is 16.1. The second-order valence-electron chi connectivity index (χ2n) is 5.35. The van der Waals surface area contributed by atoms with E-state index in [0.717, 1.165) is 0 Å². The van der Waals surface area contributed by atoms with E-state index in [0.29, 0.717) is 15.8 Å². The maximum Gasteiger partial charge on any atom is 0.0211 e. The van der Waals surface area contributed by atoms with Gasteiger partial charge in [-0.2, -0.15) is 0 Å². The topological polar surface area (TPSA) is 0 Å². The monoisotopic (exact) mass is 266 g/mol. The van der Waals surface area contributed by atoms with Gasteiger partial charge in [-0.05, 0) is 17.0 Å². The van der Waals surface area contributed by atoms with Crippen molar-refractivity contribution in [2.45, 2.75) is 64.8 Å². The highest BCUT2D eigenvalue weighted by atomic mass is 33.1. The Morgan fingerprint density at radius 3 is 2.13 bits per heavy atom. The summed E-state index contributed by atoms with van der Waals surface area (Å²) in [4.78, 5) is 0. The molecule has 0 aliphatic rings. The Hall–Kier alpha value is 1.13. The van der Waals surface area contributed by atoms with E-state index in [2.05, 4.69) is 50.8 Å². The first-order valence-corrected chi connectivity index (χ1v) is 8.78. The second kappa shape index (κ2) is 6.77. The molecule has 0 bridgehead atoms. The lowest BCUT2D eigenvalue weighted by molar-refractivity contribution is 0.283. The first-order chi connectivity index (χ1) is 6.75. The molecule has 0 N–H and O–H groups in total. The van der Waals surface area contributed by atoms with Gasteiger partial charge in [0.2, 0.25) is 0 Å². The SMILES string of the molecule is CCSSC(C)C(C)(P)CC(C)(C)CC. The molecule has 3 unspecified atom stereocenters. The quantitative estimate of drug-likeness (QED) is 0.457. The molecule has 0 saturated carbocycles. The van der Waals surface area contributed by atoms with E-state index in [-0.39, 0.29) is 0 Å². The lowest BCUT2D eigenvalue weighted by Gasteiger charge is -2.38. The summed E-state index contributed by atoms with van der Waals surface area (Å²) in [7, 11) is 7.09. The van der Waals surface area contributed by atoms with Crippen molar-refractivity contribution in [3.63, 3.8) is 0 Å². The fraction of sp³-hybridized carbons (Fsp3) is 1.00. The average Bonchev–Trinajstić information content (AvgIpc) is 2.12. The summed E-state index contributed by atoms with van der Waals surface area (Å²) < 4.78 is 0. The van der Waals surface area contributed by atoms with E-state index < -0.39 is 0 Å². The van der Waals surface area contributed by atoms with Gasteiger partial charge in [0.1, 0.15) is 0 Å². The zero-order valence-electron chi connectivity index (χ0n) is 11.1. The van der Waals surface area contributed by atoms with E-state index in [1.165, 1.54) is 18.6 Å². The summed E-state index contributed by atoms with van der Waals surface area (Å²) in [5, 5.41) is 1.05. The Kier molecular flexibility index (Phi) is 7.28. The Bertz CT molecular complexity index is 178. The Labute approximate surface area is 107 Å². The first-order valence-electron chi connectivity index (χ1n) is 5.82. The molecule has 0 heterocycles. The van der Waals surface area contributed by atoms with E-state index in [1.54, 1.807) is 0 Å². The number of hydrogen-bond donors (Lipinski definition) is 0. The Morgan fingerprint density at radius 2 is 1.73 bits per heavy atom. The van der Waals surface area contributed by atoms with Crippen molar-refractivity contribution in [1.29, 1.82) is 0 Å². The molecule has 15 heavy (non-hydrogen) atoms. The normalized spacial score (nSPS) is 18.6. The molecular weight excluding hydrogens is 239 g/mol. The Morgan fingerprint density at radius 1 is 1.20 bits per heavy atom. The molecule has 0 aromatic heterocycles. The maximum absolute atomic E-state index is 3.08. The van der Waals surface area contributed by atoms with Crippen LogP contribution in [0, 0.1) is 5.41 Å². The summed E-state index contributed by atoms with van der Waals surface area (Å²) in [6, 6.07) is 0. The molecule has 0 radical (unpaired) electrons. The predicted octanol–water partition coefficient (Wildman–Crippen LogP) is 5.24. The van der Waals surface area contributed by atoms with Crippen molar-refractivity contribution in [2.75, 3.05) is 5.75 Å². The van der Waals surface area contributed by atoms with Crippen LogP contribution in [0.2, 0.25) is 0 Å². The summed E-state index contributed by atoms with van der Waals surface area (Å²) in [5.74, 6) is 1.20. The van der Waals surface area contributed by atoms with Gasteiger partial charge < -0.3 is 0 Å². The lowest BCUT2D eigenvalue weighted by Crippen LogP contribution is -2.33. The molecule has 0 aliphatic carbocycles. The van der Waals surface area contributed by atoms with Crippen molar-refractivity contribution < 1.29 is 0 Å². The molecule has 0 aromatic carbocycles. The minimum Gasteiger partial charge on any atom is -0.130 e. The summed E-state index contributed by atoms with van der Waals surface area (Å²) in [5.41, 5.74) is 0.461. The van der Waals surface area contributed by atoms with Crippen molar-refractivity contribution >= 4 is 30.8 Å². The third-order valence-electron chi connectivity index (χ3n) is 3.08. The predicted molar refractivity (Wildman–Crippen MR) is 82.0 cm³/mol. The highest BCUT2D eigenvalue weighted by molar-refractivity contribution is 8.77. The van der Waals surface area contributed by atoms with Crippen LogP contribution in [0.3, 0.4) is 0 Å². The van der Waals surface area contributed by atoms with Crippen LogP contribution in [0.4, 0.5) is 0 Å². The third-order valence-corrected chi connectivity index (χ3v) is 7.20. The molecule has 92 valence electrons. The second-order valence-corrected chi connectivity index (χ2v) is 9.66. The largest absolute Gasteiger partial charge is 0.130 e. The molecule has 0 fully saturated rings. The summed E-state index contributed by atoms with van der Waals surface area (Å²) in [6.07, 6.45) is 2.54. The van der Waals surface area contributed by atoms with Gasteiger partial charge >= 0.3 is 0 Å². The van der Waals surface area contributed by atoms with Crippen molar-refractivity contribution in [3.05, 3.63) is 0 Å². The van der Waals surface area contributed by atoms with Crippen LogP contribution >= 0.6 is 30.8 Å². The minimum atomic E-state index is 0.354. The molecule has 0 aliphatic heterocycles. The van der Waals surface area contributed by atoms with Gasteiger partial charge in [0.15, 0.2) is 0 Å². The molecule has 3 atom stereocenters. The van der Waals surface area contributed by atoms with Crippen LogP contribution < -0.4 is 0 Å². The van der Waals surface area contributed by atoms with E-state index in [1.807, 2.05) is 21.6 Å². The summed E-state index contributed by atoms with van der Waals surface area (Å²) in [6.45, 7) is 14.0. The van der Waals surface area contributed by atoms with Crippen molar-refractivity contribution in [3.8, 4) is 0 Å². The van der Waals surface area contributed by atoms with Crippen LogP contribution in [0.25, 0.3) is 0 Å². The van der Waals surface area contributed by atoms with E-state index in [4.69, 9.17) is 0 Å². The van der Waals surface area contributed by atoms with Crippen LogP contribution in [0.15, 0.2) is 0 Å². The zero-order valence-corrected chi connectivity index (χ0v) is 13.9. The number of rotatable bonds is 7. The summed E-state index contributed by atoms with van der Waals surface area (Å²) >= 11 is 0. The lowest BCUT2D eigenvalue weighted by atomic mass is 9.80. The molecule has 0 nitrogen and oxygen atoms in total. The fourth-order valence-electron chi connectivity index (χ4n) is 1.58. The van der Waals surface area contributed by atoms with E-state index >= 15 is 0 Å². The van der Waals surface area contributed by atoms with Gasteiger partial charge in [0.05, 0.1) is 0 Å². The van der Waals surface area contributed by atoms with Gasteiger partial charge in [-0.25, -0.2) is 0 Å². The molecule has 0 aromatic rings. The van der Waals surface area contributed by atoms with Crippen LogP contribution in [-0.2, 0) is 0 Å². The molecule has 0 spiro atoms. The van der Waals surface area contributed by atoms with Crippen LogP contribution in [-0.4, -0.2) is 16.2 Å². The van der Waals surface area contributed by atoms with Gasteiger partial charge in [-0.15, -0.1) is 9.24 Å². The zero-order chi connectivity index (χ0) is 12.1. The molecule has 0 saturated heterocycles. The van der Waals surface area contributed by atoms with Crippen molar-refractivity contribution in [1.82, 2.24) is 0 Å². The van der Waals surface area contributed by atoms with Crippen molar-refractivity contribution in [2.24, 2.45) is 5.41 Å². The standard InChI is InChI=1S/C12H27PS2/c1-7-11(4,5)9-12(6,13)10(3)15-14-8-2/h10H,7-9,13H2,1-6H3. The highest BCUT2D eigenvalue weighted by Crippen LogP contribution is 2.44. The maximum atomic E-state index is 3.08. The average molecular weight is 266 g/mol. The van der Waals surface area contributed by atoms with Gasteiger partial charge in [0, 0.05) is 11.0 Å². The van der Waals surface area contributed by atoms with Crippen LogP contribution in [0.5, 0.6) is 0 Å². The smallest absolute Gasteiger partial charge is 0.0211 e. The molecule has 3 heteroatoms. The van der Waals surface area contributed by atoms with E-state index in [9.17, 15) is 0 Å². The van der Waals surface area contributed by atoms with Gasteiger partial charge in [0.25, 0.3) is 0 Å². The molecular formula is C12H27PS2.